The Morgan fingerprint density at radius 1 is 1.20 bits per heavy atom. The third-order valence-electron chi connectivity index (χ3n) is 4.70. The maximum absolute atomic E-state index is 14.7. The van der Waals surface area contributed by atoms with Crippen LogP contribution < -0.4 is 0 Å². The van der Waals surface area contributed by atoms with Crippen LogP contribution in [0.25, 0.3) is 11.1 Å². The van der Waals surface area contributed by atoms with E-state index in [1.165, 1.54) is 6.07 Å². The Morgan fingerprint density at radius 2 is 1.96 bits per heavy atom. The Kier molecular flexibility index (Phi) is 4.22. The molecule has 25 heavy (non-hydrogen) atoms. The van der Waals surface area contributed by atoms with E-state index < -0.39 is 11.2 Å². The van der Waals surface area contributed by atoms with Crippen molar-refractivity contribution in [2.75, 3.05) is 13.2 Å². The van der Waals surface area contributed by atoms with Gasteiger partial charge in [-0.25, -0.2) is 4.39 Å². The normalized spacial score (nSPS) is 20.2. The summed E-state index contributed by atoms with van der Waals surface area (Å²) >= 11 is 11.9. The fourth-order valence-corrected chi connectivity index (χ4v) is 3.22. The number of carbonyl (C=O) groups is 1. The van der Waals surface area contributed by atoms with Gasteiger partial charge in [0.15, 0.2) is 0 Å². The molecule has 2 aromatic carbocycles. The van der Waals surface area contributed by atoms with Crippen LogP contribution in [0.4, 0.5) is 4.39 Å². The summed E-state index contributed by atoms with van der Waals surface area (Å²) < 4.78 is 25.0. The lowest BCUT2D eigenvalue weighted by molar-refractivity contribution is -0.147. The van der Waals surface area contributed by atoms with E-state index in [1.807, 2.05) is 0 Å². The minimum Gasteiger partial charge on any atom is -0.462 e. The minimum atomic E-state index is -0.716. The van der Waals surface area contributed by atoms with Crippen LogP contribution >= 0.6 is 23.2 Å². The lowest BCUT2D eigenvalue weighted by Crippen LogP contribution is -2.25. The van der Waals surface area contributed by atoms with Crippen molar-refractivity contribution in [3.63, 3.8) is 0 Å². The Balaban J connectivity index is 1.58. The number of rotatable bonds is 5. The van der Waals surface area contributed by atoms with Crippen molar-refractivity contribution in [1.29, 1.82) is 0 Å². The van der Waals surface area contributed by atoms with Crippen LogP contribution in [-0.4, -0.2) is 25.3 Å². The molecule has 1 atom stereocenters. The lowest BCUT2D eigenvalue weighted by Gasteiger charge is -2.16. The van der Waals surface area contributed by atoms with Crippen LogP contribution in [0, 0.1) is 5.82 Å². The van der Waals surface area contributed by atoms with E-state index in [1.54, 1.807) is 30.3 Å². The van der Waals surface area contributed by atoms with Crippen molar-refractivity contribution in [3.8, 4) is 11.1 Å². The lowest BCUT2D eigenvalue weighted by atomic mass is 9.93. The van der Waals surface area contributed by atoms with Gasteiger partial charge in [-0.15, -0.1) is 0 Å². The first-order chi connectivity index (χ1) is 12.0. The zero-order valence-corrected chi connectivity index (χ0v) is 14.7. The maximum Gasteiger partial charge on any atom is 0.316 e. The number of hydrogen-bond acceptors (Lipinski definition) is 3. The van der Waals surface area contributed by atoms with Crippen molar-refractivity contribution in [2.24, 2.45) is 0 Å². The number of epoxide rings is 1. The maximum atomic E-state index is 14.7. The summed E-state index contributed by atoms with van der Waals surface area (Å²) in [4.78, 5) is 12.4. The minimum absolute atomic E-state index is 0.0218. The number of carbonyl (C=O) groups excluding carboxylic acids is 1. The molecule has 2 aliphatic rings. The average molecular weight is 381 g/mol. The molecule has 0 radical (unpaired) electrons. The molecule has 6 heteroatoms. The van der Waals surface area contributed by atoms with E-state index in [-0.39, 0.29) is 18.7 Å². The van der Waals surface area contributed by atoms with Crippen molar-refractivity contribution in [2.45, 2.75) is 24.4 Å². The largest absolute Gasteiger partial charge is 0.462 e. The molecule has 4 rings (SSSR count). The predicted molar refractivity (Wildman–Crippen MR) is 93.5 cm³/mol. The molecule has 2 fully saturated rings. The van der Waals surface area contributed by atoms with E-state index in [2.05, 4.69) is 0 Å². The van der Waals surface area contributed by atoms with Gasteiger partial charge in [0.25, 0.3) is 0 Å². The zero-order valence-electron chi connectivity index (χ0n) is 13.2. The summed E-state index contributed by atoms with van der Waals surface area (Å²) in [7, 11) is 0. The number of esters is 1. The van der Waals surface area contributed by atoms with Gasteiger partial charge in [-0.3, -0.25) is 4.79 Å². The van der Waals surface area contributed by atoms with Gasteiger partial charge in [0.05, 0.1) is 22.1 Å². The molecule has 0 amide bonds. The summed E-state index contributed by atoms with van der Waals surface area (Å²) in [5, 5.41) is 0.786. The zero-order chi connectivity index (χ0) is 17.6. The molecule has 0 N–H and O–H groups in total. The molecular formula is C19H15Cl2FO3. The molecule has 0 aromatic heterocycles. The summed E-state index contributed by atoms with van der Waals surface area (Å²) in [5.74, 6) is -0.704. The summed E-state index contributed by atoms with van der Waals surface area (Å²) in [6, 6.07) is 9.83. The fourth-order valence-electron chi connectivity index (χ4n) is 2.92. The molecule has 1 aliphatic carbocycles. The van der Waals surface area contributed by atoms with E-state index in [4.69, 9.17) is 32.7 Å². The highest BCUT2D eigenvalue weighted by Gasteiger charge is 2.53. The van der Waals surface area contributed by atoms with Crippen LogP contribution in [0.3, 0.4) is 0 Å². The molecule has 1 saturated heterocycles. The number of ether oxygens (including phenoxy) is 2. The highest BCUT2D eigenvalue weighted by molar-refractivity contribution is 6.42. The SMILES string of the molecule is O=C(OCC1CO1)C1(c2ccc(-c3ccc(Cl)c(Cl)c3)c(F)c2)CC1. The molecule has 1 unspecified atom stereocenters. The van der Waals surface area contributed by atoms with Crippen LogP contribution in [0.15, 0.2) is 36.4 Å². The van der Waals surface area contributed by atoms with Crippen molar-refractivity contribution < 1.29 is 18.7 Å². The van der Waals surface area contributed by atoms with Crippen LogP contribution in [0.5, 0.6) is 0 Å². The number of benzene rings is 2. The molecule has 3 nitrogen and oxygen atoms in total. The van der Waals surface area contributed by atoms with E-state index in [9.17, 15) is 9.18 Å². The second-order valence-corrected chi connectivity index (χ2v) is 7.27. The predicted octanol–water partition coefficient (Wildman–Crippen LogP) is 4.77. The smallest absolute Gasteiger partial charge is 0.316 e. The number of hydrogen-bond donors (Lipinski definition) is 0. The second kappa shape index (κ2) is 6.27. The van der Waals surface area contributed by atoms with E-state index in [0.717, 1.165) is 0 Å². The first-order valence-electron chi connectivity index (χ1n) is 8.04. The molecule has 130 valence electrons. The Morgan fingerprint density at radius 3 is 2.56 bits per heavy atom. The van der Waals surface area contributed by atoms with Gasteiger partial charge in [-0.1, -0.05) is 41.4 Å². The van der Waals surface area contributed by atoms with Gasteiger partial charge in [-0.2, -0.15) is 0 Å². The third kappa shape index (κ3) is 3.26. The van der Waals surface area contributed by atoms with Gasteiger partial charge >= 0.3 is 5.97 Å². The Hall–Kier alpha value is -1.62. The van der Waals surface area contributed by atoms with E-state index >= 15 is 0 Å². The van der Waals surface area contributed by atoms with Gasteiger partial charge in [-0.05, 0) is 42.2 Å². The van der Waals surface area contributed by atoms with Gasteiger partial charge in [0, 0.05) is 5.56 Å². The summed E-state index contributed by atoms with van der Waals surface area (Å²) in [5.41, 5.74) is 0.983. The monoisotopic (exact) mass is 380 g/mol. The van der Waals surface area contributed by atoms with Crippen molar-refractivity contribution in [3.05, 3.63) is 57.8 Å². The van der Waals surface area contributed by atoms with Gasteiger partial charge in [0.2, 0.25) is 0 Å². The second-order valence-electron chi connectivity index (χ2n) is 6.46. The molecule has 1 aliphatic heterocycles. The summed E-state index contributed by atoms with van der Waals surface area (Å²) in [6.07, 6.45) is 1.36. The Labute approximate surface area is 154 Å². The quantitative estimate of drug-likeness (QED) is 0.553. The molecule has 0 bridgehead atoms. The van der Waals surface area contributed by atoms with Crippen LogP contribution in [-0.2, 0) is 19.7 Å². The first kappa shape index (κ1) is 16.8. The standard InChI is InChI=1S/C19H15Cl2FO3/c20-15-4-1-11(7-16(15)21)14-3-2-12(8-17(14)22)19(5-6-19)18(23)25-10-13-9-24-13/h1-4,7-8,13H,5-6,9-10H2. The summed E-state index contributed by atoms with van der Waals surface area (Å²) in [6.45, 7) is 0.900. The third-order valence-corrected chi connectivity index (χ3v) is 5.43. The van der Waals surface area contributed by atoms with Crippen molar-refractivity contribution >= 4 is 29.2 Å². The van der Waals surface area contributed by atoms with E-state index in [0.29, 0.717) is 46.2 Å². The Bertz CT molecular complexity index is 845. The fraction of sp³-hybridized carbons (Fsp3) is 0.316. The number of halogens is 3. The first-order valence-corrected chi connectivity index (χ1v) is 8.79. The van der Waals surface area contributed by atoms with Gasteiger partial charge in [0.1, 0.15) is 18.5 Å². The molecule has 1 heterocycles. The van der Waals surface area contributed by atoms with Gasteiger partial charge < -0.3 is 9.47 Å². The molecule has 2 aromatic rings. The highest BCUT2D eigenvalue weighted by atomic mass is 35.5. The van der Waals surface area contributed by atoms with Crippen molar-refractivity contribution in [1.82, 2.24) is 0 Å². The molecular weight excluding hydrogens is 366 g/mol. The van der Waals surface area contributed by atoms with Crippen LogP contribution in [0.2, 0.25) is 10.0 Å². The topological polar surface area (TPSA) is 38.8 Å². The molecule has 1 saturated carbocycles. The average Bonchev–Trinajstić information content (AvgIpc) is 3.49. The van der Waals surface area contributed by atoms with Crippen LogP contribution in [0.1, 0.15) is 18.4 Å². The highest BCUT2D eigenvalue weighted by Crippen LogP contribution is 2.50. The molecule has 0 spiro atoms.